The first-order valence-electron chi connectivity index (χ1n) is 8.96. The van der Waals surface area contributed by atoms with E-state index in [9.17, 15) is 9.18 Å². The number of nitrogens with zero attached hydrogens (tertiary/aromatic N) is 3. The van der Waals surface area contributed by atoms with Gasteiger partial charge in [-0.05, 0) is 53.4 Å². The normalized spacial score (nSPS) is 10.7. The highest BCUT2D eigenvalue weighted by molar-refractivity contribution is 7.12. The van der Waals surface area contributed by atoms with Crippen molar-refractivity contribution >= 4 is 34.8 Å². The summed E-state index contributed by atoms with van der Waals surface area (Å²) >= 11 is 7.29. The summed E-state index contributed by atoms with van der Waals surface area (Å²) in [5.74, 6) is 0.164. The van der Waals surface area contributed by atoms with Crippen LogP contribution in [-0.2, 0) is 13.2 Å². The lowest BCUT2D eigenvalue weighted by atomic mass is 10.2. The zero-order valence-electron chi connectivity index (χ0n) is 15.6. The molecular weight excluding hydrogens is 427 g/mol. The molecule has 0 saturated carbocycles. The van der Waals surface area contributed by atoms with Crippen LogP contribution in [0, 0.1) is 5.82 Å². The fourth-order valence-corrected chi connectivity index (χ4v) is 3.69. The van der Waals surface area contributed by atoms with Gasteiger partial charge in [0.05, 0.1) is 11.4 Å². The van der Waals surface area contributed by atoms with E-state index in [0.717, 1.165) is 11.1 Å². The molecule has 0 aliphatic rings. The largest absolute Gasteiger partial charge is 0.489 e. The number of thiophene rings is 1. The number of aromatic nitrogens is 3. The second-order valence-corrected chi connectivity index (χ2v) is 7.76. The van der Waals surface area contributed by atoms with Crippen LogP contribution in [0.3, 0.4) is 0 Å². The molecule has 0 bridgehead atoms. The van der Waals surface area contributed by atoms with Gasteiger partial charge in [0.2, 0.25) is 5.95 Å². The second-order valence-electron chi connectivity index (χ2n) is 6.41. The van der Waals surface area contributed by atoms with Gasteiger partial charge >= 0.3 is 0 Å². The summed E-state index contributed by atoms with van der Waals surface area (Å²) in [7, 11) is 0. The molecule has 0 radical (unpaired) electrons. The molecule has 2 aromatic carbocycles. The molecule has 0 atom stereocenters. The molecule has 2 heterocycles. The first kappa shape index (κ1) is 20.1. The average Bonchev–Trinajstić information content (AvgIpc) is 3.37. The Labute approximate surface area is 180 Å². The van der Waals surface area contributed by atoms with Crippen LogP contribution in [0.15, 0.2) is 66.3 Å². The number of hydrogen-bond acceptors (Lipinski definition) is 5. The van der Waals surface area contributed by atoms with Crippen molar-refractivity contribution in [2.45, 2.75) is 13.2 Å². The Morgan fingerprint density at radius 3 is 2.80 bits per heavy atom. The molecule has 2 aromatic heterocycles. The number of nitrogens with one attached hydrogen (secondary N) is 1. The Kier molecular flexibility index (Phi) is 6.06. The molecule has 0 fully saturated rings. The SMILES string of the molecule is O=C(Nc1ncn(Cc2cccc(Cl)c2)n1)c1cc(COc2ccc(F)cc2)cs1. The maximum absolute atomic E-state index is 12.9. The Hall–Kier alpha value is -3.23. The zero-order valence-corrected chi connectivity index (χ0v) is 17.2. The third-order valence-electron chi connectivity index (χ3n) is 4.09. The highest BCUT2D eigenvalue weighted by Gasteiger charge is 2.12. The van der Waals surface area contributed by atoms with Crippen molar-refractivity contribution in [3.63, 3.8) is 0 Å². The molecule has 0 aliphatic carbocycles. The van der Waals surface area contributed by atoms with Crippen LogP contribution >= 0.6 is 22.9 Å². The first-order chi connectivity index (χ1) is 14.5. The van der Waals surface area contributed by atoms with E-state index in [1.54, 1.807) is 35.3 Å². The van der Waals surface area contributed by atoms with Crippen LogP contribution < -0.4 is 10.1 Å². The minimum absolute atomic E-state index is 0.222. The number of amides is 1. The first-order valence-corrected chi connectivity index (χ1v) is 10.2. The molecule has 0 unspecified atom stereocenters. The molecule has 30 heavy (non-hydrogen) atoms. The Morgan fingerprint density at radius 2 is 2.00 bits per heavy atom. The lowest BCUT2D eigenvalue weighted by molar-refractivity contribution is 0.102. The number of rotatable bonds is 7. The average molecular weight is 443 g/mol. The van der Waals surface area contributed by atoms with E-state index in [4.69, 9.17) is 16.3 Å². The highest BCUT2D eigenvalue weighted by atomic mass is 35.5. The van der Waals surface area contributed by atoms with E-state index >= 15 is 0 Å². The van der Waals surface area contributed by atoms with Crippen molar-refractivity contribution in [3.8, 4) is 5.75 Å². The molecule has 152 valence electrons. The number of hydrogen-bond donors (Lipinski definition) is 1. The fraction of sp³-hybridized carbons (Fsp3) is 0.0952. The van der Waals surface area contributed by atoms with Crippen molar-refractivity contribution in [1.82, 2.24) is 14.8 Å². The molecular formula is C21H16ClFN4O2S. The van der Waals surface area contributed by atoms with Crippen LogP contribution in [0.25, 0.3) is 0 Å². The third kappa shape index (κ3) is 5.22. The summed E-state index contributed by atoms with van der Waals surface area (Å²) in [5, 5.41) is 9.45. The van der Waals surface area contributed by atoms with Gasteiger partial charge < -0.3 is 4.74 Å². The molecule has 0 saturated heterocycles. The molecule has 0 aliphatic heterocycles. The van der Waals surface area contributed by atoms with Gasteiger partial charge in [0.25, 0.3) is 5.91 Å². The number of anilines is 1. The van der Waals surface area contributed by atoms with Crippen molar-refractivity contribution < 1.29 is 13.9 Å². The highest BCUT2D eigenvalue weighted by Crippen LogP contribution is 2.19. The summed E-state index contributed by atoms with van der Waals surface area (Å²) in [6.45, 7) is 0.773. The smallest absolute Gasteiger partial charge is 0.268 e. The van der Waals surface area contributed by atoms with E-state index in [1.165, 1.54) is 23.5 Å². The Balaban J connectivity index is 1.33. The minimum atomic E-state index is -0.319. The van der Waals surface area contributed by atoms with E-state index in [0.29, 0.717) is 22.2 Å². The van der Waals surface area contributed by atoms with Gasteiger partial charge in [0, 0.05) is 10.6 Å². The van der Waals surface area contributed by atoms with Crippen LogP contribution in [-0.4, -0.2) is 20.7 Å². The quantitative estimate of drug-likeness (QED) is 0.436. The van der Waals surface area contributed by atoms with Gasteiger partial charge in [-0.25, -0.2) is 14.1 Å². The summed E-state index contributed by atoms with van der Waals surface area (Å²) in [6, 6.07) is 15.0. The van der Waals surface area contributed by atoms with Gasteiger partial charge in [0.15, 0.2) is 0 Å². The number of carbonyl (C=O) groups is 1. The lowest BCUT2D eigenvalue weighted by Crippen LogP contribution is -2.12. The zero-order chi connectivity index (χ0) is 20.9. The Bertz CT molecular complexity index is 1160. The van der Waals surface area contributed by atoms with Crippen molar-refractivity contribution in [3.05, 3.63) is 93.1 Å². The van der Waals surface area contributed by atoms with E-state index in [2.05, 4.69) is 15.4 Å². The summed E-state index contributed by atoms with van der Waals surface area (Å²) in [6.07, 6.45) is 1.55. The predicted octanol–water partition coefficient (Wildman–Crippen LogP) is 5.01. The molecule has 1 amide bonds. The number of carbonyl (C=O) groups excluding carboxylic acids is 1. The Morgan fingerprint density at radius 1 is 1.17 bits per heavy atom. The van der Waals surface area contributed by atoms with Gasteiger partial charge in [-0.3, -0.25) is 10.1 Å². The van der Waals surface area contributed by atoms with Crippen LogP contribution in [0.2, 0.25) is 5.02 Å². The van der Waals surface area contributed by atoms with E-state index in [-0.39, 0.29) is 24.3 Å². The van der Waals surface area contributed by atoms with Gasteiger partial charge in [-0.1, -0.05) is 23.7 Å². The maximum Gasteiger partial charge on any atom is 0.268 e. The van der Waals surface area contributed by atoms with Gasteiger partial charge in [-0.15, -0.1) is 16.4 Å². The summed E-state index contributed by atoms with van der Waals surface area (Å²) in [5.41, 5.74) is 1.82. The van der Waals surface area contributed by atoms with Crippen LogP contribution in [0.1, 0.15) is 20.8 Å². The monoisotopic (exact) mass is 442 g/mol. The number of ether oxygens (including phenoxy) is 1. The van der Waals surface area contributed by atoms with E-state index < -0.39 is 0 Å². The fourth-order valence-electron chi connectivity index (χ4n) is 2.68. The second kappa shape index (κ2) is 9.06. The standard InChI is InChI=1S/C21H16ClFN4O2S/c22-16-3-1-2-14(8-16)10-27-13-24-21(26-27)25-20(28)19-9-15(12-30-19)11-29-18-6-4-17(23)5-7-18/h1-9,12-13H,10-11H2,(H,25,26,28). The van der Waals surface area contributed by atoms with Crippen molar-refractivity contribution in [2.24, 2.45) is 0 Å². The molecule has 1 N–H and O–H groups in total. The molecule has 9 heteroatoms. The molecule has 4 rings (SSSR count). The van der Waals surface area contributed by atoms with E-state index in [1.807, 2.05) is 23.6 Å². The van der Waals surface area contributed by atoms with Crippen molar-refractivity contribution in [2.75, 3.05) is 5.32 Å². The molecule has 0 spiro atoms. The number of benzene rings is 2. The number of halogens is 2. The molecule has 6 nitrogen and oxygen atoms in total. The van der Waals surface area contributed by atoms with Crippen LogP contribution in [0.4, 0.5) is 10.3 Å². The molecule has 4 aromatic rings. The summed E-state index contributed by atoms with van der Waals surface area (Å²) < 4.78 is 20.2. The summed E-state index contributed by atoms with van der Waals surface area (Å²) in [4.78, 5) is 17.1. The topological polar surface area (TPSA) is 69.0 Å². The maximum atomic E-state index is 12.9. The van der Waals surface area contributed by atoms with Crippen LogP contribution in [0.5, 0.6) is 5.75 Å². The van der Waals surface area contributed by atoms with Gasteiger partial charge in [-0.2, -0.15) is 0 Å². The minimum Gasteiger partial charge on any atom is -0.489 e. The third-order valence-corrected chi connectivity index (χ3v) is 5.30. The van der Waals surface area contributed by atoms with Crippen molar-refractivity contribution in [1.29, 1.82) is 0 Å². The predicted molar refractivity (Wildman–Crippen MR) is 114 cm³/mol. The lowest BCUT2D eigenvalue weighted by Gasteiger charge is -2.04. The van der Waals surface area contributed by atoms with Gasteiger partial charge in [0.1, 0.15) is 24.5 Å².